The van der Waals surface area contributed by atoms with Gasteiger partial charge in [0.1, 0.15) is 0 Å². The molecule has 0 aliphatic rings. The number of rotatable bonds is 5. The second kappa shape index (κ2) is 7.17. The summed E-state index contributed by atoms with van der Waals surface area (Å²) in [5.74, 6) is -0.235. The zero-order chi connectivity index (χ0) is 16.9. The van der Waals surface area contributed by atoms with Crippen LogP contribution in [0.3, 0.4) is 0 Å². The first-order valence-electron chi connectivity index (χ1n) is 7.11. The van der Waals surface area contributed by atoms with Crippen molar-refractivity contribution < 1.29 is 18.0 Å². The molecule has 0 fully saturated rings. The lowest BCUT2D eigenvalue weighted by Gasteiger charge is -2.15. The molecule has 0 unspecified atom stereocenters. The molecule has 0 aliphatic carbocycles. The van der Waals surface area contributed by atoms with Gasteiger partial charge in [-0.3, -0.25) is 4.79 Å². The van der Waals surface area contributed by atoms with Gasteiger partial charge in [0.2, 0.25) is 5.91 Å². The van der Waals surface area contributed by atoms with Crippen molar-refractivity contribution in [2.24, 2.45) is 0 Å². The average Bonchev–Trinajstić information content (AvgIpc) is 2.53. The Bertz CT molecular complexity index is 639. The van der Waals surface area contributed by atoms with Crippen molar-refractivity contribution in [3.63, 3.8) is 0 Å². The number of amides is 1. The number of anilines is 1. The van der Waals surface area contributed by atoms with Crippen LogP contribution in [0.1, 0.15) is 24.1 Å². The van der Waals surface area contributed by atoms with Crippen LogP contribution in [-0.4, -0.2) is 12.5 Å². The number of halogens is 3. The summed E-state index contributed by atoms with van der Waals surface area (Å²) in [5.41, 5.74) is 0.723. The van der Waals surface area contributed by atoms with Crippen LogP contribution in [0.5, 0.6) is 0 Å². The first-order valence-corrected chi connectivity index (χ1v) is 7.11. The van der Waals surface area contributed by atoms with Crippen LogP contribution < -0.4 is 10.6 Å². The van der Waals surface area contributed by atoms with Crippen molar-refractivity contribution >= 4 is 11.6 Å². The summed E-state index contributed by atoms with van der Waals surface area (Å²) in [7, 11) is 0. The molecule has 0 bridgehead atoms. The zero-order valence-electron chi connectivity index (χ0n) is 12.5. The molecule has 6 heteroatoms. The van der Waals surface area contributed by atoms with E-state index in [-0.39, 0.29) is 18.5 Å². The molecule has 0 aromatic heterocycles. The molecule has 0 heterocycles. The average molecular weight is 322 g/mol. The van der Waals surface area contributed by atoms with Gasteiger partial charge < -0.3 is 10.6 Å². The molecule has 1 atom stereocenters. The Kier molecular flexibility index (Phi) is 5.26. The normalized spacial score (nSPS) is 12.5. The molecule has 0 spiro atoms. The highest BCUT2D eigenvalue weighted by Crippen LogP contribution is 2.29. The molecule has 0 aliphatic heterocycles. The lowest BCUT2D eigenvalue weighted by atomic mass is 10.1. The van der Waals surface area contributed by atoms with Gasteiger partial charge in [-0.2, -0.15) is 13.2 Å². The van der Waals surface area contributed by atoms with Crippen molar-refractivity contribution in [2.75, 3.05) is 11.9 Å². The van der Waals surface area contributed by atoms with Crippen LogP contribution in [-0.2, 0) is 11.0 Å². The van der Waals surface area contributed by atoms with E-state index in [1.807, 2.05) is 37.3 Å². The van der Waals surface area contributed by atoms with Gasteiger partial charge in [0.15, 0.2) is 0 Å². The third-order valence-electron chi connectivity index (χ3n) is 3.34. The Hall–Kier alpha value is -2.50. The first kappa shape index (κ1) is 16.9. The minimum atomic E-state index is -4.36. The monoisotopic (exact) mass is 322 g/mol. The fraction of sp³-hybridized carbons (Fsp3) is 0.235. The first-order chi connectivity index (χ1) is 10.9. The minimum Gasteiger partial charge on any atom is -0.376 e. The summed E-state index contributed by atoms with van der Waals surface area (Å²) < 4.78 is 37.4. The van der Waals surface area contributed by atoms with E-state index >= 15 is 0 Å². The minimum absolute atomic E-state index is 0.0114. The summed E-state index contributed by atoms with van der Waals surface area (Å²) in [5, 5.41) is 5.62. The number of alkyl halides is 3. The molecule has 1 amide bonds. The van der Waals surface area contributed by atoms with Crippen LogP contribution in [0.2, 0.25) is 0 Å². The Balaban J connectivity index is 1.85. The summed E-state index contributed by atoms with van der Waals surface area (Å²) in [6.07, 6.45) is -4.36. The van der Waals surface area contributed by atoms with E-state index < -0.39 is 11.7 Å². The molecular weight excluding hydrogens is 305 g/mol. The van der Waals surface area contributed by atoms with E-state index in [1.54, 1.807) is 0 Å². The summed E-state index contributed by atoms with van der Waals surface area (Å²) in [4.78, 5) is 11.9. The highest BCUT2D eigenvalue weighted by Gasteiger charge is 2.29. The van der Waals surface area contributed by atoms with Crippen molar-refractivity contribution in [1.82, 2.24) is 5.32 Å². The van der Waals surface area contributed by atoms with Crippen LogP contribution in [0.15, 0.2) is 54.6 Å². The van der Waals surface area contributed by atoms with Gasteiger partial charge in [-0.1, -0.05) is 30.3 Å². The van der Waals surface area contributed by atoms with Gasteiger partial charge in [-0.15, -0.1) is 0 Å². The zero-order valence-corrected chi connectivity index (χ0v) is 12.5. The SMILES string of the molecule is C[C@H](NC(=O)CNc1ccc(C(F)(F)F)cc1)c1ccccc1. The number of hydrogen-bond donors (Lipinski definition) is 2. The van der Waals surface area contributed by atoms with Gasteiger partial charge in [0, 0.05) is 5.69 Å². The Morgan fingerprint density at radius 3 is 2.22 bits per heavy atom. The van der Waals surface area contributed by atoms with Gasteiger partial charge in [0.25, 0.3) is 0 Å². The number of carbonyl (C=O) groups is 1. The molecule has 122 valence electrons. The standard InChI is InChI=1S/C17H17F3N2O/c1-12(13-5-3-2-4-6-13)22-16(23)11-21-15-9-7-14(8-10-15)17(18,19)20/h2-10,12,21H,11H2,1H3,(H,22,23)/t12-/m0/s1. The van der Waals surface area contributed by atoms with Gasteiger partial charge in [-0.25, -0.2) is 0 Å². The van der Waals surface area contributed by atoms with E-state index in [2.05, 4.69) is 10.6 Å². The number of carbonyl (C=O) groups excluding carboxylic acids is 1. The fourth-order valence-corrected chi connectivity index (χ4v) is 2.08. The second-order valence-electron chi connectivity index (χ2n) is 5.13. The number of nitrogens with one attached hydrogen (secondary N) is 2. The Morgan fingerprint density at radius 1 is 1.04 bits per heavy atom. The molecule has 3 nitrogen and oxygen atoms in total. The maximum absolute atomic E-state index is 12.5. The van der Waals surface area contributed by atoms with E-state index in [9.17, 15) is 18.0 Å². The maximum atomic E-state index is 12.5. The lowest BCUT2D eigenvalue weighted by Crippen LogP contribution is -2.32. The summed E-state index contributed by atoms with van der Waals surface area (Å²) >= 11 is 0. The summed E-state index contributed by atoms with van der Waals surface area (Å²) in [6.45, 7) is 1.86. The topological polar surface area (TPSA) is 41.1 Å². The number of benzene rings is 2. The molecule has 0 radical (unpaired) electrons. The maximum Gasteiger partial charge on any atom is 0.416 e. The molecule has 2 aromatic carbocycles. The predicted molar refractivity (Wildman–Crippen MR) is 82.9 cm³/mol. The quantitative estimate of drug-likeness (QED) is 0.874. The molecule has 2 rings (SSSR count). The van der Waals surface area contributed by atoms with E-state index in [4.69, 9.17) is 0 Å². The van der Waals surface area contributed by atoms with Crippen LogP contribution in [0, 0.1) is 0 Å². The number of hydrogen-bond acceptors (Lipinski definition) is 2. The molecule has 0 saturated heterocycles. The van der Waals surface area contributed by atoms with Crippen LogP contribution in [0.25, 0.3) is 0 Å². The molecule has 2 N–H and O–H groups in total. The lowest BCUT2D eigenvalue weighted by molar-refractivity contribution is -0.137. The van der Waals surface area contributed by atoms with Gasteiger partial charge in [0.05, 0.1) is 18.2 Å². The van der Waals surface area contributed by atoms with Gasteiger partial charge >= 0.3 is 6.18 Å². The molecular formula is C17H17F3N2O. The van der Waals surface area contributed by atoms with Crippen molar-refractivity contribution in [2.45, 2.75) is 19.1 Å². The van der Waals surface area contributed by atoms with Crippen molar-refractivity contribution in [1.29, 1.82) is 0 Å². The Morgan fingerprint density at radius 2 is 1.65 bits per heavy atom. The van der Waals surface area contributed by atoms with Crippen molar-refractivity contribution in [3.05, 3.63) is 65.7 Å². The van der Waals surface area contributed by atoms with Crippen LogP contribution in [0.4, 0.5) is 18.9 Å². The highest BCUT2D eigenvalue weighted by atomic mass is 19.4. The van der Waals surface area contributed by atoms with E-state index in [1.165, 1.54) is 12.1 Å². The molecule has 0 saturated carbocycles. The largest absolute Gasteiger partial charge is 0.416 e. The Labute approximate surface area is 132 Å². The van der Waals surface area contributed by atoms with E-state index in [0.29, 0.717) is 5.69 Å². The molecule has 2 aromatic rings. The highest BCUT2D eigenvalue weighted by molar-refractivity contribution is 5.81. The smallest absolute Gasteiger partial charge is 0.376 e. The third kappa shape index (κ3) is 5.02. The molecule has 23 heavy (non-hydrogen) atoms. The van der Waals surface area contributed by atoms with Gasteiger partial charge in [-0.05, 0) is 36.8 Å². The second-order valence-corrected chi connectivity index (χ2v) is 5.13. The van der Waals surface area contributed by atoms with Crippen molar-refractivity contribution in [3.8, 4) is 0 Å². The predicted octanol–water partition coefficient (Wildman–Crippen LogP) is 3.99. The van der Waals surface area contributed by atoms with Crippen LogP contribution >= 0.6 is 0 Å². The van der Waals surface area contributed by atoms with E-state index in [0.717, 1.165) is 17.7 Å². The summed E-state index contributed by atoms with van der Waals surface area (Å²) in [6, 6.07) is 13.9. The fourth-order valence-electron chi connectivity index (χ4n) is 2.08. The third-order valence-corrected chi connectivity index (χ3v) is 3.34.